The van der Waals surface area contributed by atoms with Gasteiger partial charge in [-0.15, -0.1) is 0 Å². The Balaban J connectivity index is 1.43. The summed E-state index contributed by atoms with van der Waals surface area (Å²) in [4.78, 5) is 49.4. The summed E-state index contributed by atoms with van der Waals surface area (Å²) in [5, 5.41) is 5.13. The Bertz CT molecular complexity index is 1270. The summed E-state index contributed by atoms with van der Waals surface area (Å²) in [5.41, 5.74) is 2.99. The maximum Gasteiger partial charge on any atom is 0.329 e. The lowest BCUT2D eigenvalue weighted by molar-refractivity contribution is -0.127. The Morgan fingerprint density at radius 1 is 1.00 bits per heavy atom. The fourth-order valence-corrected chi connectivity index (χ4v) is 3.29. The Kier molecular flexibility index (Phi) is 5.91. The van der Waals surface area contributed by atoms with E-state index in [0.717, 1.165) is 16.0 Å². The molecule has 1 fully saturated rings. The molecule has 2 heterocycles. The maximum atomic E-state index is 12.7. The average Bonchev–Trinajstić information content (AvgIpc) is 3.36. The van der Waals surface area contributed by atoms with Crippen LogP contribution in [0.3, 0.4) is 0 Å². The van der Waals surface area contributed by atoms with Crippen LogP contribution in [0.1, 0.15) is 28.6 Å². The summed E-state index contributed by atoms with van der Waals surface area (Å²) < 4.78 is 5.76. The molecule has 0 unspecified atom stereocenters. The minimum absolute atomic E-state index is 0.0102. The maximum absolute atomic E-state index is 12.7. The van der Waals surface area contributed by atoms with E-state index in [-0.39, 0.29) is 11.5 Å². The Morgan fingerprint density at radius 2 is 1.70 bits per heavy atom. The molecule has 3 aromatic rings. The highest BCUT2D eigenvalue weighted by Crippen LogP contribution is 2.24. The van der Waals surface area contributed by atoms with Gasteiger partial charge in [-0.2, -0.15) is 0 Å². The van der Waals surface area contributed by atoms with Crippen molar-refractivity contribution in [2.45, 2.75) is 13.8 Å². The van der Waals surface area contributed by atoms with Crippen LogP contribution in [-0.2, 0) is 9.59 Å². The van der Waals surface area contributed by atoms with Crippen molar-refractivity contribution in [3.05, 3.63) is 83.2 Å². The van der Waals surface area contributed by atoms with Crippen LogP contribution in [0.25, 0.3) is 17.4 Å². The number of Topliss-reactive ketones (excluding diaryl/α,β-unsaturated/α-hetero) is 1. The molecular weight excluding hydrogens is 422 g/mol. The first-order chi connectivity index (χ1) is 15.8. The van der Waals surface area contributed by atoms with Crippen molar-refractivity contribution >= 4 is 35.4 Å². The van der Waals surface area contributed by atoms with Crippen LogP contribution >= 0.6 is 0 Å². The molecule has 0 spiro atoms. The van der Waals surface area contributed by atoms with E-state index in [1.54, 1.807) is 48.5 Å². The molecule has 0 radical (unpaired) electrons. The highest BCUT2D eigenvalue weighted by atomic mass is 16.3. The van der Waals surface area contributed by atoms with Gasteiger partial charge in [0.05, 0.1) is 0 Å². The summed E-state index contributed by atoms with van der Waals surface area (Å²) in [5.74, 6) is -0.238. The van der Waals surface area contributed by atoms with Crippen molar-refractivity contribution in [3.8, 4) is 11.3 Å². The summed E-state index contributed by atoms with van der Waals surface area (Å²) in [6, 6.07) is 16.8. The molecule has 0 aliphatic carbocycles. The van der Waals surface area contributed by atoms with E-state index < -0.39 is 24.4 Å². The van der Waals surface area contributed by atoms with Crippen LogP contribution in [0.2, 0.25) is 0 Å². The van der Waals surface area contributed by atoms with Gasteiger partial charge in [-0.05, 0) is 38.1 Å². The number of aryl methyl sites for hydroxylation is 1. The normalized spacial score (nSPS) is 14.5. The summed E-state index contributed by atoms with van der Waals surface area (Å²) in [7, 11) is 0. The molecule has 1 aliphatic heterocycles. The van der Waals surface area contributed by atoms with Gasteiger partial charge < -0.3 is 15.1 Å². The lowest BCUT2D eigenvalue weighted by Crippen LogP contribution is -2.38. The summed E-state index contributed by atoms with van der Waals surface area (Å²) in [6.45, 7) is 3.01. The number of carbonyl (C=O) groups is 4. The zero-order chi connectivity index (χ0) is 23.5. The van der Waals surface area contributed by atoms with Gasteiger partial charge in [0, 0.05) is 22.9 Å². The lowest BCUT2D eigenvalue weighted by atomic mass is 10.1. The van der Waals surface area contributed by atoms with Gasteiger partial charge in [0.25, 0.3) is 5.91 Å². The summed E-state index contributed by atoms with van der Waals surface area (Å²) in [6.07, 6.45) is 1.41. The fraction of sp³-hybridized carbons (Fsp3) is 0.120. The van der Waals surface area contributed by atoms with E-state index in [1.807, 2.05) is 19.1 Å². The van der Waals surface area contributed by atoms with Crippen LogP contribution in [0.5, 0.6) is 0 Å². The molecule has 166 valence electrons. The molecule has 0 saturated carbocycles. The highest BCUT2D eigenvalue weighted by Gasteiger charge is 2.35. The number of benzene rings is 2. The molecular formula is C25H21N3O5. The first-order valence-electron chi connectivity index (χ1n) is 10.2. The molecule has 8 nitrogen and oxygen atoms in total. The van der Waals surface area contributed by atoms with Crippen LogP contribution in [0, 0.1) is 6.92 Å². The number of imide groups is 1. The number of amides is 4. The second kappa shape index (κ2) is 8.96. The zero-order valence-electron chi connectivity index (χ0n) is 18.0. The van der Waals surface area contributed by atoms with Gasteiger partial charge in [0.1, 0.15) is 23.8 Å². The van der Waals surface area contributed by atoms with E-state index >= 15 is 0 Å². The van der Waals surface area contributed by atoms with Gasteiger partial charge in [-0.25, -0.2) is 9.69 Å². The molecule has 0 bridgehead atoms. The molecule has 1 aromatic heterocycles. The van der Waals surface area contributed by atoms with E-state index in [0.29, 0.717) is 22.8 Å². The van der Waals surface area contributed by atoms with Crippen LogP contribution in [0.4, 0.5) is 10.5 Å². The fourth-order valence-electron chi connectivity index (χ4n) is 3.29. The molecule has 1 saturated heterocycles. The molecule has 4 rings (SSSR count). The van der Waals surface area contributed by atoms with Crippen molar-refractivity contribution in [3.63, 3.8) is 0 Å². The predicted octanol–water partition coefficient (Wildman–Crippen LogP) is 3.99. The zero-order valence-corrected chi connectivity index (χ0v) is 18.0. The second-order valence-electron chi connectivity index (χ2n) is 7.63. The third-order valence-electron chi connectivity index (χ3n) is 5.09. The van der Waals surface area contributed by atoms with Crippen LogP contribution in [0.15, 0.2) is 70.8 Å². The van der Waals surface area contributed by atoms with E-state index in [4.69, 9.17) is 4.42 Å². The molecule has 1 aliphatic rings. The molecule has 0 atom stereocenters. The van der Waals surface area contributed by atoms with Gasteiger partial charge in [0.15, 0.2) is 5.78 Å². The summed E-state index contributed by atoms with van der Waals surface area (Å²) >= 11 is 0. The number of furan rings is 1. The Labute approximate surface area is 189 Å². The number of nitrogens with zero attached hydrogens (tertiary/aromatic N) is 1. The predicted molar refractivity (Wildman–Crippen MR) is 122 cm³/mol. The molecule has 2 aromatic carbocycles. The Hall–Kier alpha value is -4.46. The Morgan fingerprint density at radius 3 is 2.36 bits per heavy atom. The van der Waals surface area contributed by atoms with Crippen molar-refractivity contribution < 1.29 is 23.6 Å². The smallest absolute Gasteiger partial charge is 0.329 e. The second-order valence-corrected chi connectivity index (χ2v) is 7.63. The number of carbonyl (C=O) groups excluding carboxylic acids is 4. The number of rotatable bonds is 6. The monoisotopic (exact) mass is 443 g/mol. The SMILES string of the molecule is CC(=O)c1ccc(-c2ccc(/C=C3/NC(=O)N(CC(=O)Nc4ccc(C)cc4)C3=O)o2)cc1. The van der Waals surface area contributed by atoms with Crippen molar-refractivity contribution in [2.75, 3.05) is 11.9 Å². The lowest BCUT2D eigenvalue weighted by Gasteiger charge is -2.12. The van der Waals surface area contributed by atoms with Gasteiger partial charge in [-0.3, -0.25) is 14.4 Å². The van der Waals surface area contributed by atoms with Crippen molar-refractivity contribution in [2.24, 2.45) is 0 Å². The quantitative estimate of drug-likeness (QED) is 0.340. The van der Waals surface area contributed by atoms with E-state index in [9.17, 15) is 19.2 Å². The topological polar surface area (TPSA) is 109 Å². The first kappa shape index (κ1) is 21.8. The molecule has 4 amide bonds. The highest BCUT2D eigenvalue weighted by molar-refractivity contribution is 6.15. The number of hydrogen-bond acceptors (Lipinski definition) is 5. The number of urea groups is 1. The van der Waals surface area contributed by atoms with Crippen molar-refractivity contribution in [1.82, 2.24) is 10.2 Å². The largest absolute Gasteiger partial charge is 0.457 e. The van der Waals surface area contributed by atoms with Gasteiger partial charge >= 0.3 is 6.03 Å². The minimum Gasteiger partial charge on any atom is -0.457 e. The van der Waals surface area contributed by atoms with Crippen molar-refractivity contribution in [1.29, 1.82) is 0 Å². The standard InChI is InChI=1S/C25H21N3O5/c1-15-3-9-19(10-4-15)26-23(30)14-28-24(31)21(27-25(28)32)13-20-11-12-22(33-20)18-7-5-17(6-8-18)16(2)29/h3-13H,14H2,1-2H3,(H,26,30)(H,27,32)/b21-13+. The number of anilines is 1. The van der Waals surface area contributed by atoms with Gasteiger partial charge in [0.2, 0.25) is 5.91 Å². The first-order valence-corrected chi connectivity index (χ1v) is 10.2. The third-order valence-corrected chi connectivity index (χ3v) is 5.09. The van der Waals surface area contributed by atoms with Gasteiger partial charge in [-0.1, -0.05) is 42.0 Å². The number of ketones is 1. The van der Waals surface area contributed by atoms with Crippen LogP contribution in [-0.4, -0.2) is 35.1 Å². The van der Waals surface area contributed by atoms with E-state index in [2.05, 4.69) is 10.6 Å². The molecule has 2 N–H and O–H groups in total. The molecule has 8 heteroatoms. The third kappa shape index (κ3) is 4.90. The number of hydrogen-bond donors (Lipinski definition) is 2. The van der Waals surface area contributed by atoms with E-state index in [1.165, 1.54) is 13.0 Å². The molecule has 33 heavy (non-hydrogen) atoms. The number of nitrogens with one attached hydrogen (secondary N) is 2. The average molecular weight is 443 g/mol. The van der Waals surface area contributed by atoms with Crippen LogP contribution < -0.4 is 10.6 Å². The minimum atomic E-state index is -0.683.